The Morgan fingerprint density at radius 1 is 1.44 bits per heavy atom. The summed E-state index contributed by atoms with van der Waals surface area (Å²) < 4.78 is 42.4. The van der Waals surface area contributed by atoms with E-state index in [0.717, 1.165) is 16.4 Å². The highest BCUT2D eigenvalue weighted by Gasteiger charge is 2.24. The molecule has 100 valence electrons. The number of sulfonamides is 1. The van der Waals surface area contributed by atoms with Gasteiger partial charge >= 0.3 is 5.97 Å². The van der Waals surface area contributed by atoms with E-state index in [4.69, 9.17) is 0 Å². The maximum Gasteiger partial charge on any atom is 0.321 e. The second-order valence-electron chi connectivity index (χ2n) is 3.75. The third kappa shape index (κ3) is 3.05. The van der Waals surface area contributed by atoms with Crippen molar-refractivity contribution in [3.05, 3.63) is 29.6 Å². The molecule has 1 rings (SSSR count). The number of ether oxygens (including phenoxy) is 1. The van der Waals surface area contributed by atoms with Gasteiger partial charge in [-0.05, 0) is 30.7 Å². The van der Waals surface area contributed by atoms with Gasteiger partial charge in [0.15, 0.2) is 0 Å². The van der Waals surface area contributed by atoms with Crippen molar-refractivity contribution in [3.63, 3.8) is 0 Å². The quantitative estimate of drug-likeness (QED) is 0.767. The lowest BCUT2D eigenvalue weighted by Crippen LogP contribution is -2.33. The van der Waals surface area contributed by atoms with Crippen molar-refractivity contribution < 1.29 is 22.3 Å². The van der Waals surface area contributed by atoms with Gasteiger partial charge in [0, 0.05) is 7.05 Å². The Hall–Kier alpha value is -1.47. The van der Waals surface area contributed by atoms with Crippen LogP contribution in [0.1, 0.15) is 5.56 Å². The van der Waals surface area contributed by atoms with Gasteiger partial charge in [0.1, 0.15) is 12.4 Å². The minimum atomic E-state index is -3.83. The maximum absolute atomic E-state index is 12.9. The molecule has 0 N–H and O–H groups in total. The van der Waals surface area contributed by atoms with Crippen LogP contribution in [0.4, 0.5) is 4.39 Å². The summed E-state index contributed by atoms with van der Waals surface area (Å²) in [5.41, 5.74) is 0.284. The zero-order chi connectivity index (χ0) is 13.9. The molecule has 7 heteroatoms. The van der Waals surface area contributed by atoms with E-state index in [9.17, 15) is 17.6 Å². The molecule has 18 heavy (non-hydrogen) atoms. The average Bonchev–Trinajstić information content (AvgIpc) is 2.28. The molecule has 0 heterocycles. The number of nitrogens with zero attached hydrogens (tertiary/aromatic N) is 1. The Balaban J connectivity index is 3.09. The van der Waals surface area contributed by atoms with E-state index in [2.05, 4.69) is 4.74 Å². The van der Waals surface area contributed by atoms with Crippen molar-refractivity contribution in [1.29, 1.82) is 0 Å². The number of carbonyl (C=O) groups excluding carboxylic acids is 1. The van der Waals surface area contributed by atoms with Crippen LogP contribution in [0, 0.1) is 12.7 Å². The van der Waals surface area contributed by atoms with Gasteiger partial charge in [0.25, 0.3) is 0 Å². The molecular weight excluding hydrogens is 261 g/mol. The summed E-state index contributed by atoms with van der Waals surface area (Å²) in [5.74, 6) is -1.18. The summed E-state index contributed by atoms with van der Waals surface area (Å²) in [6, 6.07) is 3.36. The van der Waals surface area contributed by atoms with E-state index in [1.807, 2.05) is 0 Å². The predicted octanol–water partition coefficient (Wildman–Crippen LogP) is 0.928. The first-order chi connectivity index (χ1) is 8.28. The fourth-order valence-corrected chi connectivity index (χ4v) is 2.72. The number of likely N-dealkylation sites (N-methyl/N-ethyl adjacent to an activating group) is 1. The summed E-state index contributed by atoms with van der Waals surface area (Å²) in [6.45, 7) is 1.09. The van der Waals surface area contributed by atoms with Crippen molar-refractivity contribution in [3.8, 4) is 0 Å². The monoisotopic (exact) mass is 275 g/mol. The molecule has 0 fully saturated rings. The van der Waals surface area contributed by atoms with Crippen molar-refractivity contribution in [2.45, 2.75) is 11.8 Å². The van der Waals surface area contributed by atoms with Crippen LogP contribution < -0.4 is 0 Å². The molecule has 0 aliphatic carbocycles. The molecule has 0 atom stereocenters. The maximum atomic E-state index is 12.9. The molecule has 0 aliphatic heterocycles. The summed E-state index contributed by atoms with van der Waals surface area (Å²) >= 11 is 0. The first-order valence-corrected chi connectivity index (χ1v) is 6.52. The lowest BCUT2D eigenvalue weighted by Gasteiger charge is -2.17. The Labute approximate surface area is 105 Å². The van der Waals surface area contributed by atoms with Crippen LogP contribution in [0.3, 0.4) is 0 Å². The number of hydrogen-bond donors (Lipinski definition) is 0. The number of hydrogen-bond acceptors (Lipinski definition) is 4. The molecule has 1 aromatic carbocycles. The Kier molecular flexibility index (Phi) is 4.42. The van der Waals surface area contributed by atoms with Crippen molar-refractivity contribution >= 4 is 16.0 Å². The van der Waals surface area contributed by atoms with Crippen LogP contribution in [0.5, 0.6) is 0 Å². The fourth-order valence-electron chi connectivity index (χ4n) is 1.40. The summed E-state index contributed by atoms with van der Waals surface area (Å²) in [4.78, 5) is 11.0. The summed E-state index contributed by atoms with van der Waals surface area (Å²) in [7, 11) is -1.39. The number of esters is 1. The Morgan fingerprint density at radius 2 is 2.06 bits per heavy atom. The van der Waals surface area contributed by atoms with Gasteiger partial charge < -0.3 is 4.74 Å². The normalized spacial score (nSPS) is 11.6. The second kappa shape index (κ2) is 5.45. The molecule has 0 aliphatic rings. The highest BCUT2D eigenvalue weighted by atomic mass is 32.2. The number of halogens is 1. The smallest absolute Gasteiger partial charge is 0.321 e. The zero-order valence-electron chi connectivity index (χ0n) is 10.3. The summed E-state index contributed by atoms with van der Waals surface area (Å²) in [5, 5.41) is 0. The molecule has 0 saturated heterocycles. The first-order valence-electron chi connectivity index (χ1n) is 5.08. The molecule has 1 aromatic rings. The van der Waals surface area contributed by atoms with Crippen LogP contribution in [0.15, 0.2) is 23.1 Å². The minimum absolute atomic E-state index is 0.0321. The molecule has 0 radical (unpaired) electrons. The largest absolute Gasteiger partial charge is 0.468 e. The standard InChI is InChI=1S/C11H14FNO4S/c1-8-6-9(12)4-5-10(8)18(15,16)13(2)7-11(14)17-3/h4-6H,7H2,1-3H3. The third-order valence-corrected chi connectivity index (χ3v) is 4.37. The molecule has 0 amide bonds. The van der Waals surface area contributed by atoms with E-state index in [-0.39, 0.29) is 10.5 Å². The molecular formula is C11H14FNO4S. The predicted molar refractivity (Wildman–Crippen MR) is 63.0 cm³/mol. The lowest BCUT2D eigenvalue weighted by molar-refractivity contribution is -0.140. The minimum Gasteiger partial charge on any atom is -0.468 e. The molecule has 0 bridgehead atoms. The zero-order valence-corrected chi connectivity index (χ0v) is 11.1. The number of methoxy groups -OCH3 is 1. The topological polar surface area (TPSA) is 63.7 Å². The van der Waals surface area contributed by atoms with Crippen LogP contribution in [-0.4, -0.2) is 39.4 Å². The van der Waals surface area contributed by atoms with Gasteiger partial charge in [-0.25, -0.2) is 12.8 Å². The molecule has 0 aromatic heterocycles. The van der Waals surface area contributed by atoms with Crippen molar-refractivity contribution in [1.82, 2.24) is 4.31 Å². The highest BCUT2D eigenvalue weighted by molar-refractivity contribution is 7.89. The van der Waals surface area contributed by atoms with Crippen LogP contribution >= 0.6 is 0 Å². The van der Waals surface area contributed by atoms with Gasteiger partial charge in [0.05, 0.1) is 12.0 Å². The fraction of sp³-hybridized carbons (Fsp3) is 0.364. The number of benzene rings is 1. The highest BCUT2D eigenvalue weighted by Crippen LogP contribution is 2.19. The third-order valence-electron chi connectivity index (χ3n) is 2.40. The molecule has 5 nitrogen and oxygen atoms in total. The van der Waals surface area contributed by atoms with Crippen LogP contribution in [0.25, 0.3) is 0 Å². The van der Waals surface area contributed by atoms with Crippen LogP contribution in [0.2, 0.25) is 0 Å². The van der Waals surface area contributed by atoms with E-state index in [0.29, 0.717) is 0 Å². The van der Waals surface area contributed by atoms with E-state index in [1.165, 1.54) is 27.1 Å². The van der Waals surface area contributed by atoms with Gasteiger partial charge in [-0.15, -0.1) is 0 Å². The van der Waals surface area contributed by atoms with Gasteiger partial charge in [-0.1, -0.05) is 0 Å². The molecule has 0 unspecified atom stereocenters. The number of aryl methyl sites for hydroxylation is 1. The average molecular weight is 275 g/mol. The second-order valence-corrected chi connectivity index (χ2v) is 5.76. The van der Waals surface area contributed by atoms with Crippen molar-refractivity contribution in [2.75, 3.05) is 20.7 Å². The van der Waals surface area contributed by atoms with E-state index >= 15 is 0 Å². The van der Waals surface area contributed by atoms with Gasteiger partial charge in [-0.2, -0.15) is 4.31 Å². The number of carbonyl (C=O) groups is 1. The lowest BCUT2D eigenvalue weighted by atomic mass is 10.2. The van der Waals surface area contributed by atoms with Crippen LogP contribution in [-0.2, 0) is 19.6 Å². The summed E-state index contributed by atoms with van der Waals surface area (Å²) in [6.07, 6.45) is 0. The Bertz CT molecular complexity index is 556. The van der Waals surface area contributed by atoms with Gasteiger partial charge in [-0.3, -0.25) is 4.79 Å². The van der Waals surface area contributed by atoms with E-state index in [1.54, 1.807) is 0 Å². The SMILES string of the molecule is COC(=O)CN(C)S(=O)(=O)c1ccc(F)cc1C. The number of rotatable bonds is 4. The molecule has 0 saturated carbocycles. The van der Waals surface area contributed by atoms with Gasteiger partial charge in [0.2, 0.25) is 10.0 Å². The first kappa shape index (κ1) is 14.6. The van der Waals surface area contributed by atoms with Crippen molar-refractivity contribution in [2.24, 2.45) is 0 Å². The molecule has 0 spiro atoms. The van der Waals surface area contributed by atoms with E-state index < -0.39 is 28.4 Å². The Morgan fingerprint density at radius 3 is 2.56 bits per heavy atom.